The van der Waals surface area contributed by atoms with Gasteiger partial charge in [0.15, 0.2) is 0 Å². The lowest BCUT2D eigenvalue weighted by Crippen LogP contribution is -2.39. The van der Waals surface area contributed by atoms with E-state index in [0.29, 0.717) is 0 Å². The number of nitrogens with one attached hydrogen (secondary N) is 2. The van der Waals surface area contributed by atoms with Crippen LogP contribution in [0.5, 0.6) is 0 Å². The molecule has 4 heteroatoms. The molecule has 2 N–H and O–H groups in total. The van der Waals surface area contributed by atoms with Crippen LogP contribution in [-0.4, -0.2) is 37.0 Å². The lowest BCUT2D eigenvalue weighted by Gasteiger charge is -2.31. The van der Waals surface area contributed by atoms with Gasteiger partial charge >= 0.3 is 0 Å². The Balaban J connectivity index is 1.39. The third kappa shape index (κ3) is 4.98. The number of allylic oxidation sites excluding steroid dienone is 2. The molecule has 1 saturated carbocycles. The van der Waals surface area contributed by atoms with Crippen LogP contribution < -0.4 is 10.6 Å². The third-order valence-corrected chi connectivity index (χ3v) is 6.24. The number of anilines is 1. The summed E-state index contributed by atoms with van der Waals surface area (Å²) in [5, 5.41) is 7.26. The molecular formula is C24H33N3O. The maximum atomic E-state index is 11.8. The first-order valence-electron chi connectivity index (χ1n) is 10.9. The lowest BCUT2D eigenvalue weighted by atomic mass is 9.94. The molecule has 150 valence electrons. The van der Waals surface area contributed by atoms with E-state index in [1.807, 2.05) is 4.90 Å². The van der Waals surface area contributed by atoms with Crippen LogP contribution in [0.15, 0.2) is 41.6 Å². The predicted octanol–water partition coefficient (Wildman–Crippen LogP) is 4.56. The first-order chi connectivity index (χ1) is 13.7. The standard InChI is InChI=1S/C24H33N3O/c1-18(28)27-14-13-24(26-15-19-7-8-19)22(17-27)16-25-23-11-9-21(10-12-23)20-5-3-2-4-6-20/h5,9-12,19,25-26H,2-4,6-8,13-17H2,1H3. The summed E-state index contributed by atoms with van der Waals surface area (Å²) < 4.78 is 0. The number of benzene rings is 1. The maximum absolute atomic E-state index is 11.8. The second-order valence-corrected chi connectivity index (χ2v) is 8.50. The summed E-state index contributed by atoms with van der Waals surface area (Å²) in [7, 11) is 0. The van der Waals surface area contributed by atoms with Gasteiger partial charge in [-0.25, -0.2) is 0 Å². The highest BCUT2D eigenvalue weighted by atomic mass is 16.2. The minimum absolute atomic E-state index is 0.170. The Morgan fingerprint density at radius 3 is 2.61 bits per heavy atom. The number of carbonyl (C=O) groups is 1. The fourth-order valence-corrected chi connectivity index (χ4v) is 4.17. The Morgan fingerprint density at radius 1 is 1.11 bits per heavy atom. The first kappa shape index (κ1) is 19.1. The van der Waals surface area contributed by atoms with Gasteiger partial charge in [0.05, 0.1) is 0 Å². The van der Waals surface area contributed by atoms with Crippen molar-refractivity contribution < 1.29 is 4.79 Å². The van der Waals surface area contributed by atoms with E-state index in [4.69, 9.17) is 0 Å². The second kappa shape index (κ2) is 8.85. The first-order valence-corrected chi connectivity index (χ1v) is 10.9. The topological polar surface area (TPSA) is 44.4 Å². The quantitative estimate of drug-likeness (QED) is 0.730. The molecular weight excluding hydrogens is 346 g/mol. The van der Waals surface area contributed by atoms with Crippen molar-refractivity contribution >= 4 is 17.2 Å². The molecule has 0 aromatic heterocycles. The zero-order chi connectivity index (χ0) is 19.3. The van der Waals surface area contributed by atoms with Crippen LogP contribution >= 0.6 is 0 Å². The van der Waals surface area contributed by atoms with Crippen LogP contribution in [-0.2, 0) is 4.79 Å². The summed E-state index contributed by atoms with van der Waals surface area (Å²) >= 11 is 0. The largest absolute Gasteiger partial charge is 0.388 e. The Kier molecular flexibility index (Phi) is 6.04. The fourth-order valence-electron chi connectivity index (χ4n) is 4.17. The zero-order valence-corrected chi connectivity index (χ0v) is 17.1. The van der Waals surface area contributed by atoms with Gasteiger partial charge in [0, 0.05) is 50.9 Å². The van der Waals surface area contributed by atoms with Gasteiger partial charge in [-0.3, -0.25) is 4.79 Å². The van der Waals surface area contributed by atoms with Gasteiger partial charge in [-0.2, -0.15) is 0 Å². The van der Waals surface area contributed by atoms with Gasteiger partial charge < -0.3 is 15.5 Å². The number of hydrogen-bond acceptors (Lipinski definition) is 3. The van der Waals surface area contributed by atoms with Crippen molar-refractivity contribution in [2.45, 2.75) is 51.9 Å². The molecule has 1 aromatic rings. The molecule has 1 aromatic carbocycles. The Bertz CT molecular complexity index is 759. The molecule has 1 aliphatic heterocycles. The number of carbonyl (C=O) groups excluding carboxylic acids is 1. The van der Waals surface area contributed by atoms with E-state index >= 15 is 0 Å². The highest BCUT2D eigenvalue weighted by molar-refractivity contribution is 5.74. The van der Waals surface area contributed by atoms with Gasteiger partial charge in [-0.05, 0) is 73.3 Å². The average molecular weight is 380 g/mol. The van der Waals surface area contributed by atoms with E-state index in [1.54, 1.807) is 6.92 Å². The van der Waals surface area contributed by atoms with E-state index in [0.717, 1.165) is 44.2 Å². The number of amides is 1. The number of hydrogen-bond donors (Lipinski definition) is 2. The van der Waals surface area contributed by atoms with E-state index in [2.05, 4.69) is 41.0 Å². The van der Waals surface area contributed by atoms with Gasteiger partial charge in [0.25, 0.3) is 0 Å². The van der Waals surface area contributed by atoms with Crippen LogP contribution in [0.25, 0.3) is 5.57 Å². The van der Waals surface area contributed by atoms with Crippen LogP contribution in [0.1, 0.15) is 57.4 Å². The minimum atomic E-state index is 0.170. The Hall–Kier alpha value is -2.23. The van der Waals surface area contributed by atoms with Gasteiger partial charge in [-0.15, -0.1) is 0 Å². The van der Waals surface area contributed by atoms with Crippen molar-refractivity contribution in [3.63, 3.8) is 0 Å². The Labute approximate surface area is 169 Å². The number of nitrogens with zero attached hydrogens (tertiary/aromatic N) is 1. The molecule has 0 bridgehead atoms. The smallest absolute Gasteiger partial charge is 0.219 e. The third-order valence-electron chi connectivity index (χ3n) is 6.24. The zero-order valence-electron chi connectivity index (χ0n) is 17.1. The van der Waals surface area contributed by atoms with E-state index < -0.39 is 0 Å². The van der Waals surface area contributed by atoms with Crippen LogP contribution in [0.3, 0.4) is 0 Å². The normalized spacial score (nSPS) is 20.0. The Morgan fingerprint density at radius 2 is 1.93 bits per heavy atom. The number of rotatable bonds is 7. The van der Waals surface area contributed by atoms with Crippen molar-refractivity contribution in [1.29, 1.82) is 0 Å². The summed E-state index contributed by atoms with van der Waals surface area (Å²) in [6.07, 6.45) is 11.1. The van der Waals surface area contributed by atoms with E-state index in [9.17, 15) is 4.79 Å². The second-order valence-electron chi connectivity index (χ2n) is 8.50. The molecule has 1 fully saturated rings. The average Bonchev–Trinajstić information content (AvgIpc) is 3.56. The van der Waals surface area contributed by atoms with Crippen molar-refractivity contribution in [2.75, 3.05) is 31.5 Å². The summed E-state index contributed by atoms with van der Waals surface area (Å²) in [4.78, 5) is 13.8. The fraction of sp³-hybridized carbons (Fsp3) is 0.542. The van der Waals surface area contributed by atoms with Crippen molar-refractivity contribution in [2.24, 2.45) is 5.92 Å². The molecule has 3 aliphatic rings. The molecule has 4 nitrogen and oxygen atoms in total. The lowest BCUT2D eigenvalue weighted by molar-refractivity contribution is -0.128. The summed E-state index contributed by atoms with van der Waals surface area (Å²) in [5.74, 6) is 1.03. The van der Waals surface area contributed by atoms with Gasteiger partial charge in [0.2, 0.25) is 5.91 Å². The molecule has 1 heterocycles. The summed E-state index contributed by atoms with van der Waals surface area (Å²) in [6.45, 7) is 5.11. The molecule has 0 radical (unpaired) electrons. The van der Waals surface area contributed by atoms with Crippen molar-refractivity contribution in [1.82, 2.24) is 10.2 Å². The van der Waals surface area contributed by atoms with Gasteiger partial charge in [-0.1, -0.05) is 18.2 Å². The minimum Gasteiger partial charge on any atom is -0.388 e. The van der Waals surface area contributed by atoms with Gasteiger partial charge in [0.1, 0.15) is 0 Å². The van der Waals surface area contributed by atoms with Crippen molar-refractivity contribution in [3.8, 4) is 0 Å². The molecule has 0 saturated heterocycles. The summed E-state index contributed by atoms with van der Waals surface area (Å²) in [5.41, 5.74) is 6.67. The van der Waals surface area contributed by atoms with Crippen LogP contribution in [0, 0.1) is 5.92 Å². The molecule has 0 spiro atoms. The molecule has 4 rings (SSSR count). The molecule has 2 aliphatic carbocycles. The highest BCUT2D eigenvalue weighted by Gasteiger charge is 2.24. The predicted molar refractivity (Wildman–Crippen MR) is 116 cm³/mol. The summed E-state index contributed by atoms with van der Waals surface area (Å²) in [6, 6.07) is 8.86. The molecule has 0 atom stereocenters. The van der Waals surface area contributed by atoms with E-state index in [-0.39, 0.29) is 5.91 Å². The molecule has 28 heavy (non-hydrogen) atoms. The molecule has 0 unspecified atom stereocenters. The molecule has 1 amide bonds. The maximum Gasteiger partial charge on any atom is 0.219 e. The van der Waals surface area contributed by atoms with Crippen LogP contribution in [0.4, 0.5) is 5.69 Å². The van der Waals surface area contributed by atoms with Crippen molar-refractivity contribution in [3.05, 3.63) is 47.2 Å². The van der Waals surface area contributed by atoms with Crippen LogP contribution in [0.2, 0.25) is 0 Å². The SMILES string of the molecule is CC(=O)N1CCC(NCC2CC2)=C(CNc2ccc(C3=CCCCC3)cc2)C1. The monoisotopic (exact) mass is 379 g/mol. The van der Waals surface area contributed by atoms with E-state index in [1.165, 1.54) is 60.9 Å². The highest BCUT2D eigenvalue weighted by Crippen LogP contribution is 2.29.